The van der Waals surface area contributed by atoms with Gasteiger partial charge in [-0.15, -0.1) is 0 Å². The zero-order valence-corrected chi connectivity index (χ0v) is 7.25. The van der Waals surface area contributed by atoms with Crippen molar-refractivity contribution in [3.05, 3.63) is 59.6 Å². The molecule has 0 unspecified atom stereocenters. The molecule has 0 fully saturated rings. The minimum absolute atomic E-state index is 0.598. The van der Waals surface area contributed by atoms with Crippen LogP contribution in [-0.4, -0.2) is 0 Å². The summed E-state index contributed by atoms with van der Waals surface area (Å²) in [7, 11) is 0. The van der Waals surface area contributed by atoms with Gasteiger partial charge in [-0.3, -0.25) is 0 Å². The Balaban J connectivity index is 2.30. The van der Waals surface area contributed by atoms with Crippen LogP contribution in [0.25, 0.3) is 11.1 Å². The van der Waals surface area contributed by atoms with Gasteiger partial charge in [0.05, 0.1) is 1.37 Å². The topological polar surface area (TPSA) is 0 Å². The molecular weight excluding hydrogens is 156 g/mol. The molecule has 0 radical (unpaired) electrons. The second-order valence-electron chi connectivity index (χ2n) is 3.42. The van der Waals surface area contributed by atoms with E-state index < -0.39 is 0 Å². The molecular formula is C13H10. The molecule has 3 rings (SSSR count). The maximum Gasteiger partial charge on any atom is 0.0623 e. The average Bonchev–Trinajstić information content (AvgIpc) is 2.56. The SMILES string of the molecule is [2H]c1ccc2c(c1)-c1ccccc1C2. The van der Waals surface area contributed by atoms with Crippen LogP contribution in [0.1, 0.15) is 12.5 Å². The van der Waals surface area contributed by atoms with Gasteiger partial charge >= 0.3 is 0 Å². The van der Waals surface area contributed by atoms with Crippen molar-refractivity contribution in [3.8, 4) is 11.1 Å². The fourth-order valence-electron chi connectivity index (χ4n) is 2.01. The van der Waals surface area contributed by atoms with Gasteiger partial charge in [0.2, 0.25) is 0 Å². The van der Waals surface area contributed by atoms with E-state index in [9.17, 15) is 0 Å². The van der Waals surface area contributed by atoms with E-state index in [4.69, 9.17) is 1.37 Å². The van der Waals surface area contributed by atoms with Crippen molar-refractivity contribution in [2.24, 2.45) is 0 Å². The van der Waals surface area contributed by atoms with Crippen LogP contribution >= 0.6 is 0 Å². The predicted molar refractivity (Wildman–Crippen MR) is 54.7 cm³/mol. The lowest BCUT2D eigenvalue weighted by Gasteiger charge is -1.98. The Morgan fingerprint density at radius 2 is 1.54 bits per heavy atom. The number of fused-ring (bicyclic) bond motifs is 3. The van der Waals surface area contributed by atoms with Crippen molar-refractivity contribution < 1.29 is 1.37 Å². The van der Waals surface area contributed by atoms with Gasteiger partial charge in [0, 0.05) is 0 Å². The molecule has 0 heterocycles. The third-order valence-electron chi connectivity index (χ3n) is 2.64. The van der Waals surface area contributed by atoms with Gasteiger partial charge in [0.15, 0.2) is 0 Å². The molecule has 0 saturated carbocycles. The van der Waals surface area contributed by atoms with E-state index in [0.29, 0.717) is 6.04 Å². The summed E-state index contributed by atoms with van der Waals surface area (Å²) in [6.07, 6.45) is 1.02. The molecule has 2 aromatic rings. The van der Waals surface area contributed by atoms with Crippen LogP contribution in [0.2, 0.25) is 0 Å². The monoisotopic (exact) mass is 167 g/mol. The van der Waals surface area contributed by atoms with Crippen LogP contribution in [0, 0.1) is 0 Å². The lowest BCUT2D eigenvalue weighted by molar-refractivity contribution is 1.26. The van der Waals surface area contributed by atoms with Crippen LogP contribution < -0.4 is 0 Å². The number of hydrogen-bond donors (Lipinski definition) is 0. The number of benzene rings is 2. The van der Waals surface area contributed by atoms with E-state index in [2.05, 4.69) is 30.3 Å². The van der Waals surface area contributed by atoms with Gasteiger partial charge in [-0.1, -0.05) is 48.5 Å². The molecule has 0 aliphatic heterocycles. The molecule has 0 heteroatoms. The molecule has 0 atom stereocenters. The number of rotatable bonds is 0. The van der Waals surface area contributed by atoms with E-state index in [1.807, 2.05) is 12.1 Å². The summed E-state index contributed by atoms with van der Waals surface area (Å²) in [5, 5.41) is 0. The summed E-state index contributed by atoms with van der Waals surface area (Å²) < 4.78 is 7.60. The fourth-order valence-corrected chi connectivity index (χ4v) is 2.01. The van der Waals surface area contributed by atoms with Crippen molar-refractivity contribution in [1.82, 2.24) is 0 Å². The first-order chi connectivity index (χ1) is 6.84. The van der Waals surface area contributed by atoms with E-state index >= 15 is 0 Å². The second-order valence-corrected chi connectivity index (χ2v) is 3.42. The number of hydrogen-bond acceptors (Lipinski definition) is 0. The Bertz CT molecular complexity index is 500. The lowest BCUT2D eigenvalue weighted by Crippen LogP contribution is -1.77. The summed E-state index contributed by atoms with van der Waals surface area (Å²) >= 11 is 0. The summed E-state index contributed by atoms with van der Waals surface area (Å²) in [6, 6.07) is 14.9. The van der Waals surface area contributed by atoms with E-state index in [1.165, 1.54) is 22.3 Å². The molecule has 0 saturated heterocycles. The van der Waals surface area contributed by atoms with E-state index in [-0.39, 0.29) is 0 Å². The molecule has 1 aliphatic carbocycles. The predicted octanol–water partition coefficient (Wildman–Crippen LogP) is 3.26. The highest BCUT2D eigenvalue weighted by Crippen LogP contribution is 2.35. The van der Waals surface area contributed by atoms with Gasteiger partial charge in [-0.25, -0.2) is 0 Å². The highest BCUT2D eigenvalue weighted by molar-refractivity contribution is 5.76. The quantitative estimate of drug-likeness (QED) is 0.482. The Morgan fingerprint density at radius 1 is 0.846 bits per heavy atom. The molecule has 0 spiro atoms. The van der Waals surface area contributed by atoms with E-state index in [0.717, 1.165) is 6.42 Å². The summed E-state index contributed by atoms with van der Waals surface area (Å²) in [6.45, 7) is 0. The van der Waals surface area contributed by atoms with Crippen LogP contribution in [0.3, 0.4) is 0 Å². The second kappa shape index (κ2) is 2.46. The molecule has 0 bridgehead atoms. The molecule has 62 valence electrons. The van der Waals surface area contributed by atoms with Crippen LogP contribution in [0.15, 0.2) is 48.5 Å². The van der Waals surface area contributed by atoms with Crippen molar-refractivity contribution in [1.29, 1.82) is 0 Å². The minimum atomic E-state index is 0.598. The van der Waals surface area contributed by atoms with Gasteiger partial charge in [0.25, 0.3) is 0 Å². The molecule has 0 N–H and O–H groups in total. The smallest absolute Gasteiger partial charge is 0.0619 e. The first-order valence-electron chi connectivity index (χ1n) is 5.02. The highest BCUT2D eigenvalue weighted by Gasteiger charge is 2.15. The van der Waals surface area contributed by atoms with Crippen LogP contribution in [0.5, 0.6) is 0 Å². The largest absolute Gasteiger partial charge is 0.0623 e. The van der Waals surface area contributed by atoms with E-state index in [1.54, 1.807) is 0 Å². The van der Waals surface area contributed by atoms with Gasteiger partial charge < -0.3 is 0 Å². The highest BCUT2D eigenvalue weighted by atomic mass is 14.2. The molecule has 2 aromatic carbocycles. The first-order valence-corrected chi connectivity index (χ1v) is 4.52. The summed E-state index contributed by atoms with van der Waals surface area (Å²) in [5.41, 5.74) is 5.28. The summed E-state index contributed by atoms with van der Waals surface area (Å²) in [5.74, 6) is 0. The fraction of sp³-hybridized carbons (Fsp3) is 0.0769. The molecule has 0 amide bonds. The normalized spacial score (nSPS) is 13.4. The molecule has 0 aromatic heterocycles. The third kappa shape index (κ3) is 0.919. The van der Waals surface area contributed by atoms with Crippen LogP contribution in [-0.2, 0) is 6.42 Å². The van der Waals surface area contributed by atoms with Crippen LogP contribution in [0.4, 0.5) is 0 Å². The molecule has 0 nitrogen and oxygen atoms in total. The Kier molecular flexibility index (Phi) is 1.13. The zero-order valence-electron chi connectivity index (χ0n) is 8.25. The lowest BCUT2D eigenvalue weighted by atomic mass is 10.1. The summed E-state index contributed by atoms with van der Waals surface area (Å²) in [4.78, 5) is 0. The van der Waals surface area contributed by atoms with Crippen molar-refractivity contribution >= 4 is 0 Å². The molecule has 1 aliphatic rings. The Hall–Kier alpha value is -1.56. The van der Waals surface area contributed by atoms with Gasteiger partial charge in [-0.05, 0) is 28.7 Å². The third-order valence-corrected chi connectivity index (χ3v) is 2.64. The van der Waals surface area contributed by atoms with Gasteiger partial charge in [-0.2, -0.15) is 0 Å². The Labute approximate surface area is 79.3 Å². The zero-order chi connectivity index (χ0) is 9.54. The standard InChI is InChI=1S/C13H10/c1-3-7-12-10(5-1)9-11-6-2-4-8-13(11)12/h1-8H,9H2/i3D. The average molecular weight is 167 g/mol. The van der Waals surface area contributed by atoms with Crippen molar-refractivity contribution in [2.45, 2.75) is 6.42 Å². The van der Waals surface area contributed by atoms with Gasteiger partial charge in [0.1, 0.15) is 0 Å². The van der Waals surface area contributed by atoms with Crippen molar-refractivity contribution in [2.75, 3.05) is 0 Å². The molecule has 13 heavy (non-hydrogen) atoms. The Morgan fingerprint density at radius 3 is 2.46 bits per heavy atom. The minimum Gasteiger partial charge on any atom is -0.0619 e. The maximum absolute atomic E-state index is 7.60. The van der Waals surface area contributed by atoms with Crippen molar-refractivity contribution in [3.63, 3.8) is 0 Å². The first kappa shape index (κ1) is 5.98. The maximum atomic E-state index is 7.60.